The minimum Gasteiger partial charge on any atom is -0.353 e. The van der Waals surface area contributed by atoms with Crippen molar-refractivity contribution in [2.24, 2.45) is 17.6 Å². The maximum atomic E-state index is 12.6. The first-order valence-electron chi connectivity index (χ1n) is 9.95. The number of carbonyl (C=O) groups is 2. The van der Waals surface area contributed by atoms with Crippen LogP contribution in [-0.4, -0.2) is 41.9 Å². The topological polar surface area (TPSA) is 75.4 Å². The average Bonchev–Trinajstić information content (AvgIpc) is 3.08. The van der Waals surface area contributed by atoms with Gasteiger partial charge >= 0.3 is 0 Å². The van der Waals surface area contributed by atoms with Crippen LogP contribution in [0.1, 0.15) is 70.6 Å². The lowest BCUT2D eigenvalue weighted by Gasteiger charge is -2.35. The van der Waals surface area contributed by atoms with Crippen LogP contribution >= 0.6 is 0 Å². The smallest absolute Gasteiger partial charge is 0.225 e. The van der Waals surface area contributed by atoms with Gasteiger partial charge in [0.15, 0.2) is 0 Å². The summed E-state index contributed by atoms with van der Waals surface area (Å²) in [5.41, 5.74) is 5.92. The van der Waals surface area contributed by atoms with Crippen molar-refractivity contribution in [3.8, 4) is 0 Å². The van der Waals surface area contributed by atoms with Crippen molar-refractivity contribution in [2.45, 2.75) is 82.7 Å². The molecule has 3 N–H and O–H groups in total. The van der Waals surface area contributed by atoms with Crippen LogP contribution in [0, 0.1) is 11.8 Å². The van der Waals surface area contributed by atoms with Gasteiger partial charge in [-0.15, -0.1) is 0 Å². The van der Waals surface area contributed by atoms with Crippen molar-refractivity contribution in [3.63, 3.8) is 0 Å². The molecule has 3 fully saturated rings. The molecule has 0 aromatic rings. The zero-order chi connectivity index (χ0) is 16.9. The lowest BCUT2D eigenvalue weighted by Crippen LogP contribution is -2.47. The quantitative estimate of drug-likeness (QED) is 0.827. The molecule has 0 aromatic heterocycles. The Morgan fingerprint density at radius 1 is 0.917 bits per heavy atom. The second-order valence-corrected chi connectivity index (χ2v) is 8.13. The molecule has 1 heterocycles. The zero-order valence-corrected chi connectivity index (χ0v) is 14.8. The fourth-order valence-electron chi connectivity index (χ4n) is 4.63. The van der Waals surface area contributed by atoms with Crippen molar-refractivity contribution < 1.29 is 9.59 Å². The van der Waals surface area contributed by atoms with E-state index in [0.29, 0.717) is 18.2 Å². The van der Waals surface area contributed by atoms with Crippen LogP contribution in [0.3, 0.4) is 0 Å². The van der Waals surface area contributed by atoms with Crippen molar-refractivity contribution in [1.82, 2.24) is 10.2 Å². The third-order valence-electron chi connectivity index (χ3n) is 6.24. The van der Waals surface area contributed by atoms with Gasteiger partial charge in [-0.25, -0.2) is 0 Å². The minimum absolute atomic E-state index is 0.155. The third-order valence-corrected chi connectivity index (χ3v) is 6.24. The number of amides is 2. The van der Waals surface area contributed by atoms with Crippen LogP contribution in [-0.2, 0) is 9.59 Å². The fraction of sp³-hybridized carbons (Fsp3) is 0.895. The molecule has 0 bridgehead atoms. The molecule has 0 atom stereocenters. The fourth-order valence-corrected chi connectivity index (χ4v) is 4.63. The van der Waals surface area contributed by atoms with E-state index in [1.165, 1.54) is 25.7 Å². The minimum atomic E-state index is 0.155. The Balaban J connectivity index is 1.37. The highest BCUT2D eigenvalue weighted by atomic mass is 16.2. The van der Waals surface area contributed by atoms with E-state index < -0.39 is 0 Å². The van der Waals surface area contributed by atoms with E-state index in [-0.39, 0.29) is 23.9 Å². The van der Waals surface area contributed by atoms with Gasteiger partial charge in [0.2, 0.25) is 11.8 Å². The molecule has 5 heteroatoms. The Labute approximate surface area is 145 Å². The summed E-state index contributed by atoms with van der Waals surface area (Å²) in [6.45, 7) is 1.64. The Morgan fingerprint density at radius 2 is 1.54 bits per heavy atom. The summed E-state index contributed by atoms with van der Waals surface area (Å²) in [7, 11) is 0. The van der Waals surface area contributed by atoms with Gasteiger partial charge in [0.25, 0.3) is 0 Å². The second kappa shape index (κ2) is 8.32. The van der Waals surface area contributed by atoms with Crippen LogP contribution in [0.5, 0.6) is 0 Å². The van der Waals surface area contributed by atoms with E-state index in [1.54, 1.807) is 0 Å². The van der Waals surface area contributed by atoms with Crippen LogP contribution in [0.25, 0.3) is 0 Å². The molecule has 0 unspecified atom stereocenters. The lowest BCUT2D eigenvalue weighted by atomic mass is 9.84. The molecule has 24 heavy (non-hydrogen) atoms. The summed E-state index contributed by atoms with van der Waals surface area (Å²) in [5, 5.41) is 3.21. The van der Waals surface area contributed by atoms with Crippen LogP contribution in [0.15, 0.2) is 0 Å². The molecule has 3 aliphatic rings. The molecule has 136 valence electrons. The molecular formula is C19H33N3O2. The first kappa shape index (κ1) is 17.7. The normalized spacial score (nSPS) is 29.6. The predicted octanol–water partition coefficient (Wildman–Crippen LogP) is 2.19. The summed E-state index contributed by atoms with van der Waals surface area (Å²) in [5.74, 6) is 1.30. The molecule has 1 saturated heterocycles. The van der Waals surface area contributed by atoms with E-state index in [0.717, 1.165) is 51.6 Å². The average molecular weight is 335 g/mol. The molecule has 2 aliphatic carbocycles. The number of hydrogen-bond acceptors (Lipinski definition) is 3. The summed E-state index contributed by atoms with van der Waals surface area (Å²) >= 11 is 0. The highest BCUT2D eigenvalue weighted by Crippen LogP contribution is 2.29. The van der Waals surface area contributed by atoms with Gasteiger partial charge in [0, 0.05) is 37.5 Å². The molecule has 0 radical (unpaired) electrons. The number of hydrogen-bond donors (Lipinski definition) is 2. The molecule has 2 saturated carbocycles. The lowest BCUT2D eigenvalue weighted by molar-refractivity contribution is -0.137. The number of nitrogens with one attached hydrogen (secondary N) is 1. The van der Waals surface area contributed by atoms with E-state index in [9.17, 15) is 9.59 Å². The monoisotopic (exact) mass is 335 g/mol. The molecule has 3 rings (SSSR count). The molecular weight excluding hydrogens is 302 g/mol. The van der Waals surface area contributed by atoms with Crippen molar-refractivity contribution in [1.29, 1.82) is 0 Å². The number of carbonyl (C=O) groups excluding carboxylic acids is 2. The first-order chi connectivity index (χ1) is 11.6. The number of piperidine rings is 1. The van der Waals surface area contributed by atoms with Crippen LogP contribution in [0.4, 0.5) is 0 Å². The largest absolute Gasteiger partial charge is 0.353 e. The van der Waals surface area contributed by atoms with E-state index >= 15 is 0 Å². The van der Waals surface area contributed by atoms with E-state index in [2.05, 4.69) is 5.32 Å². The van der Waals surface area contributed by atoms with Gasteiger partial charge in [-0.3, -0.25) is 9.59 Å². The van der Waals surface area contributed by atoms with Crippen LogP contribution in [0.2, 0.25) is 0 Å². The Morgan fingerprint density at radius 3 is 2.17 bits per heavy atom. The number of rotatable bonds is 4. The molecule has 0 aromatic carbocycles. The van der Waals surface area contributed by atoms with Crippen LogP contribution < -0.4 is 11.1 Å². The summed E-state index contributed by atoms with van der Waals surface area (Å²) in [6, 6.07) is 0.539. The highest BCUT2D eigenvalue weighted by molar-refractivity contribution is 5.79. The Bertz CT molecular complexity index is 432. The SMILES string of the molecule is NC1CCN(C(=O)C2CCC(NC(=O)CC3CCCC3)CC2)CC1. The predicted molar refractivity (Wildman–Crippen MR) is 94.3 cm³/mol. The maximum Gasteiger partial charge on any atom is 0.225 e. The Hall–Kier alpha value is -1.10. The summed E-state index contributed by atoms with van der Waals surface area (Å²) < 4.78 is 0. The zero-order valence-electron chi connectivity index (χ0n) is 14.8. The van der Waals surface area contributed by atoms with Crippen molar-refractivity contribution >= 4 is 11.8 Å². The molecule has 2 amide bonds. The van der Waals surface area contributed by atoms with Crippen molar-refractivity contribution in [3.05, 3.63) is 0 Å². The van der Waals surface area contributed by atoms with Crippen molar-refractivity contribution in [2.75, 3.05) is 13.1 Å². The van der Waals surface area contributed by atoms with E-state index in [4.69, 9.17) is 5.73 Å². The van der Waals surface area contributed by atoms with Gasteiger partial charge in [-0.1, -0.05) is 12.8 Å². The van der Waals surface area contributed by atoms with Gasteiger partial charge < -0.3 is 16.0 Å². The van der Waals surface area contributed by atoms with Gasteiger partial charge in [0.05, 0.1) is 0 Å². The first-order valence-corrected chi connectivity index (χ1v) is 9.95. The molecule has 5 nitrogen and oxygen atoms in total. The maximum absolute atomic E-state index is 12.6. The number of nitrogens with two attached hydrogens (primary N) is 1. The van der Waals surface area contributed by atoms with Gasteiger partial charge in [-0.2, -0.15) is 0 Å². The molecule has 1 aliphatic heterocycles. The number of nitrogens with zero attached hydrogens (tertiary/aromatic N) is 1. The second-order valence-electron chi connectivity index (χ2n) is 8.13. The standard InChI is InChI=1S/C19H33N3O2/c20-16-9-11-22(12-10-16)19(24)15-5-7-17(8-6-15)21-18(23)13-14-3-1-2-4-14/h14-17H,1-13,20H2,(H,21,23). The summed E-state index contributed by atoms with van der Waals surface area (Å²) in [4.78, 5) is 26.8. The van der Waals surface area contributed by atoms with Gasteiger partial charge in [0.1, 0.15) is 0 Å². The number of likely N-dealkylation sites (tertiary alicyclic amines) is 1. The Kier molecular flexibility index (Phi) is 6.14. The van der Waals surface area contributed by atoms with Gasteiger partial charge in [-0.05, 0) is 57.3 Å². The third kappa shape index (κ3) is 4.71. The van der Waals surface area contributed by atoms with E-state index in [1.807, 2.05) is 4.90 Å². The summed E-state index contributed by atoms with van der Waals surface area (Å²) in [6.07, 6.45) is 11.3. The highest BCUT2D eigenvalue weighted by Gasteiger charge is 2.31. The molecule has 0 spiro atoms.